The number of ether oxygens (including phenoxy) is 1. The summed E-state index contributed by atoms with van der Waals surface area (Å²) in [7, 11) is 0. The van der Waals surface area contributed by atoms with Gasteiger partial charge in [0.25, 0.3) is 5.91 Å². The molecule has 134 valence electrons. The summed E-state index contributed by atoms with van der Waals surface area (Å²) in [6.07, 6.45) is 2.13. The van der Waals surface area contributed by atoms with Crippen LogP contribution in [0.25, 0.3) is 21.7 Å². The van der Waals surface area contributed by atoms with E-state index in [9.17, 15) is 4.79 Å². The van der Waals surface area contributed by atoms with Crippen LogP contribution in [0.1, 0.15) is 28.6 Å². The fraction of sp³-hybridized carbons (Fsp3) is 0.174. The van der Waals surface area contributed by atoms with Gasteiger partial charge in [-0.2, -0.15) is 0 Å². The number of hydrogen-bond acceptors (Lipinski definition) is 3. The van der Waals surface area contributed by atoms with E-state index in [1.165, 1.54) is 16.5 Å². The first-order chi connectivity index (χ1) is 13.2. The molecule has 0 unspecified atom stereocenters. The number of carbonyl (C=O) groups is 1. The molecule has 5 rings (SSSR count). The third-order valence-electron chi connectivity index (χ3n) is 5.16. The first-order valence-electron chi connectivity index (χ1n) is 9.25. The summed E-state index contributed by atoms with van der Waals surface area (Å²) in [5.74, 6) is 0.673. The molecule has 4 nitrogen and oxygen atoms in total. The zero-order valence-electron chi connectivity index (χ0n) is 15.0. The number of nitrogens with one attached hydrogen (secondary N) is 1. The molecule has 1 N–H and O–H groups in total. The molecule has 3 aromatic carbocycles. The summed E-state index contributed by atoms with van der Waals surface area (Å²) in [6, 6.07) is 17.8. The molecule has 0 spiro atoms. The van der Waals surface area contributed by atoms with E-state index < -0.39 is 0 Å². The van der Waals surface area contributed by atoms with Crippen molar-refractivity contribution in [2.24, 2.45) is 0 Å². The van der Waals surface area contributed by atoms with E-state index in [1.54, 1.807) is 6.07 Å². The molecular formula is C23H19NO3. The fourth-order valence-corrected chi connectivity index (χ4v) is 3.96. The SMILES string of the molecule is CCOc1cccc2cc(C(=O)Nc3ccc4c5c(cccc35)CC4)oc12. The van der Waals surface area contributed by atoms with Crippen LogP contribution in [0.3, 0.4) is 0 Å². The lowest BCUT2D eigenvalue weighted by atomic mass is 10.0. The highest BCUT2D eigenvalue weighted by molar-refractivity contribution is 6.10. The largest absolute Gasteiger partial charge is 0.490 e. The molecule has 0 saturated carbocycles. The van der Waals surface area contributed by atoms with Crippen LogP contribution in [0.5, 0.6) is 5.75 Å². The molecule has 0 atom stereocenters. The molecule has 1 aromatic heterocycles. The van der Waals surface area contributed by atoms with Gasteiger partial charge in [0.1, 0.15) is 0 Å². The molecule has 1 amide bonds. The van der Waals surface area contributed by atoms with Crippen molar-refractivity contribution in [3.63, 3.8) is 0 Å². The number of anilines is 1. The molecule has 0 saturated heterocycles. The Labute approximate surface area is 156 Å². The summed E-state index contributed by atoms with van der Waals surface area (Å²) in [4.78, 5) is 12.8. The first-order valence-corrected chi connectivity index (χ1v) is 9.25. The van der Waals surface area contributed by atoms with Gasteiger partial charge in [-0.1, -0.05) is 36.4 Å². The average Bonchev–Trinajstić information content (AvgIpc) is 3.30. The molecule has 1 aliphatic rings. The van der Waals surface area contributed by atoms with Crippen molar-refractivity contribution in [2.75, 3.05) is 11.9 Å². The lowest BCUT2D eigenvalue weighted by Gasteiger charge is -2.09. The van der Waals surface area contributed by atoms with Gasteiger partial charge in [-0.25, -0.2) is 0 Å². The second-order valence-electron chi connectivity index (χ2n) is 6.78. The van der Waals surface area contributed by atoms with Gasteiger partial charge < -0.3 is 14.5 Å². The Kier molecular flexibility index (Phi) is 3.64. The topological polar surface area (TPSA) is 51.5 Å². The zero-order chi connectivity index (χ0) is 18.4. The molecule has 4 aromatic rings. The van der Waals surface area contributed by atoms with E-state index in [4.69, 9.17) is 9.15 Å². The molecule has 0 bridgehead atoms. The minimum Gasteiger partial charge on any atom is -0.490 e. The van der Waals surface area contributed by atoms with Crippen LogP contribution in [0, 0.1) is 0 Å². The van der Waals surface area contributed by atoms with E-state index >= 15 is 0 Å². The van der Waals surface area contributed by atoms with E-state index in [0.29, 0.717) is 17.9 Å². The van der Waals surface area contributed by atoms with Crippen LogP contribution in [-0.2, 0) is 12.8 Å². The van der Waals surface area contributed by atoms with Gasteiger partial charge in [0.2, 0.25) is 0 Å². The van der Waals surface area contributed by atoms with Crippen molar-refractivity contribution < 1.29 is 13.9 Å². The molecular weight excluding hydrogens is 338 g/mol. The number of para-hydroxylation sites is 1. The second kappa shape index (κ2) is 6.16. The van der Waals surface area contributed by atoms with Crippen LogP contribution in [-0.4, -0.2) is 12.5 Å². The van der Waals surface area contributed by atoms with E-state index in [-0.39, 0.29) is 11.7 Å². The molecule has 1 aliphatic carbocycles. The smallest absolute Gasteiger partial charge is 0.291 e. The molecule has 0 aliphatic heterocycles. The summed E-state index contributed by atoms with van der Waals surface area (Å²) >= 11 is 0. The Balaban J connectivity index is 1.52. The van der Waals surface area contributed by atoms with Crippen molar-refractivity contribution in [1.29, 1.82) is 0 Å². The number of benzene rings is 3. The van der Waals surface area contributed by atoms with E-state index in [2.05, 4.69) is 29.6 Å². The Hall–Kier alpha value is -3.27. The number of aryl methyl sites for hydroxylation is 2. The van der Waals surface area contributed by atoms with Gasteiger partial charge in [0.05, 0.1) is 6.61 Å². The second-order valence-corrected chi connectivity index (χ2v) is 6.78. The van der Waals surface area contributed by atoms with Crippen LogP contribution in [0.4, 0.5) is 5.69 Å². The highest BCUT2D eigenvalue weighted by atomic mass is 16.5. The molecule has 0 radical (unpaired) electrons. The minimum absolute atomic E-state index is 0.257. The van der Waals surface area contributed by atoms with Crippen LogP contribution >= 0.6 is 0 Å². The van der Waals surface area contributed by atoms with Gasteiger partial charge in [0.15, 0.2) is 17.1 Å². The van der Waals surface area contributed by atoms with Crippen LogP contribution in [0.15, 0.2) is 59.0 Å². The maximum absolute atomic E-state index is 12.8. The number of furan rings is 1. The summed E-state index contributed by atoms with van der Waals surface area (Å²) in [6.45, 7) is 2.47. The zero-order valence-corrected chi connectivity index (χ0v) is 15.0. The summed E-state index contributed by atoms with van der Waals surface area (Å²) in [5.41, 5.74) is 4.12. The minimum atomic E-state index is -0.257. The molecule has 27 heavy (non-hydrogen) atoms. The molecule has 0 fully saturated rings. The predicted molar refractivity (Wildman–Crippen MR) is 107 cm³/mol. The Morgan fingerprint density at radius 1 is 1.07 bits per heavy atom. The van der Waals surface area contributed by atoms with Crippen LogP contribution in [0.2, 0.25) is 0 Å². The highest BCUT2D eigenvalue weighted by Crippen LogP contribution is 2.35. The van der Waals surface area contributed by atoms with Gasteiger partial charge in [-0.3, -0.25) is 4.79 Å². The monoisotopic (exact) mass is 357 g/mol. The lowest BCUT2D eigenvalue weighted by molar-refractivity contribution is 0.0998. The third-order valence-corrected chi connectivity index (χ3v) is 5.16. The van der Waals surface area contributed by atoms with Crippen LogP contribution < -0.4 is 10.1 Å². The van der Waals surface area contributed by atoms with Crippen molar-refractivity contribution in [3.05, 3.63) is 71.5 Å². The maximum atomic E-state index is 12.8. The quantitative estimate of drug-likeness (QED) is 0.537. The third kappa shape index (κ3) is 2.56. The van der Waals surface area contributed by atoms with Gasteiger partial charge in [-0.05, 0) is 54.5 Å². The van der Waals surface area contributed by atoms with Gasteiger partial charge >= 0.3 is 0 Å². The first kappa shape index (κ1) is 15.9. The summed E-state index contributed by atoms with van der Waals surface area (Å²) in [5, 5.41) is 6.24. The maximum Gasteiger partial charge on any atom is 0.291 e. The summed E-state index contributed by atoms with van der Waals surface area (Å²) < 4.78 is 11.4. The molecule has 1 heterocycles. The van der Waals surface area contributed by atoms with Crippen molar-refractivity contribution in [3.8, 4) is 5.75 Å². The Morgan fingerprint density at radius 3 is 2.74 bits per heavy atom. The number of fused-ring (bicyclic) bond motifs is 1. The highest BCUT2D eigenvalue weighted by Gasteiger charge is 2.19. The van der Waals surface area contributed by atoms with E-state index in [0.717, 1.165) is 29.3 Å². The van der Waals surface area contributed by atoms with Crippen molar-refractivity contribution in [1.82, 2.24) is 0 Å². The standard InChI is InChI=1S/C23H19NO3/c1-2-26-19-8-4-6-16-13-20(27-22(16)19)23(25)24-18-12-11-15-10-9-14-5-3-7-17(18)21(14)15/h3-8,11-13H,2,9-10H2,1H3,(H,24,25). The van der Waals surface area contributed by atoms with Crippen molar-refractivity contribution >= 4 is 33.3 Å². The van der Waals surface area contributed by atoms with Gasteiger partial charge in [-0.15, -0.1) is 0 Å². The van der Waals surface area contributed by atoms with E-state index in [1.807, 2.05) is 31.2 Å². The number of hydrogen-bond donors (Lipinski definition) is 1. The van der Waals surface area contributed by atoms with Gasteiger partial charge in [0, 0.05) is 16.5 Å². The van der Waals surface area contributed by atoms with Crippen molar-refractivity contribution in [2.45, 2.75) is 19.8 Å². The Bertz CT molecular complexity index is 1180. The number of carbonyl (C=O) groups excluding carboxylic acids is 1. The number of rotatable bonds is 4. The number of amides is 1. The molecule has 4 heteroatoms. The normalized spacial score (nSPS) is 12.6. The lowest BCUT2D eigenvalue weighted by Crippen LogP contribution is -2.11. The average molecular weight is 357 g/mol. The fourth-order valence-electron chi connectivity index (χ4n) is 3.96. The predicted octanol–water partition coefficient (Wildman–Crippen LogP) is 5.34. The Morgan fingerprint density at radius 2 is 1.89 bits per heavy atom.